The first-order valence-corrected chi connectivity index (χ1v) is 5.76. The van der Waals surface area contributed by atoms with E-state index >= 15 is 0 Å². The lowest BCUT2D eigenvalue weighted by atomic mass is 10.3. The van der Waals surface area contributed by atoms with Crippen molar-refractivity contribution in [3.8, 4) is 0 Å². The summed E-state index contributed by atoms with van der Waals surface area (Å²) in [5.41, 5.74) is 1.25. The fourth-order valence-corrected chi connectivity index (χ4v) is 2.20. The Kier molecular flexibility index (Phi) is 4.53. The summed E-state index contributed by atoms with van der Waals surface area (Å²) in [4.78, 5) is 0. The van der Waals surface area contributed by atoms with Crippen molar-refractivity contribution < 1.29 is 0 Å². The summed E-state index contributed by atoms with van der Waals surface area (Å²) in [6.07, 6.45) is 0. The molecule has 1 atom stereocenters. The zero-order valence-corrected chi connectivity index (χ0v) is 9.68. The summed E-state index contributed by atoms with van der Waals surface area (Å²) < 4.78 is 2.58. The van der Waals surface area contributed by atoms with Crippen LogP contribution in [-0.2, 0) is 0 Å². The lowest BCUT2D eigenvalue weighted by molar-refractivity contribution is 1.11. The fraction of sp³-hybridized carbons (Fsp3) is 0.400. The molecule has 0 aliphatic carbocycles. The highest BCUT2D eigenvalue weighted by Gasteiger charge is 2.06. The van der Waals surface area contributed by atoms with Crippen molar-refractivity contribution in [2.75, 3.05) is 10.8 Å². The van der Waals surface area contributed by atoms with Gasteiger partial charge in [-0.15, -0.1) is 0 Å². The maximum absolute atomic E-state index is 4.36. The molecular weight excluding hydrogens is 198 g/mol. The molecule has 13 heavy (non-hydrogen) atoms. The molecule has 0 aliphatic rings. The van der Waals surface area contributed by atoms with E-state index in [0.717, 1.165) is 6.54 Å². The third kappa shape index (κ3) is 3.53. The highest BCUT2D eigenvalue weighted by atomic mass is 32.2. The zero-order valence-electron chi connectivity index (χ0n) is 7.97. The summed E-state index contributed by atoms with van der Waals surface area (Å²) in [6, 6.07) is 10.4. The second-order valence-electron chi connectivity index (χ2n) is 2.73. The summed E-state index contributed by atoms with van der Waals surface area (Å²) in [6.45, 7) is 5.23. The number of thiol groups is 1. The van der Waals surface area contributed by atoms with Crippen LogP contribution in [0.4, 0.5) is 5.69 Å². The monoisotopic (exact) mass is 213 g/mol. The topological polar surface area (TPSA) is 3.24 Å². The van der Waals surface area contributed by atoms with E-state index in [1.165, 1.54) is 5.69 Å². The van der Waals surface area contributed by atoms with Crippen LogP contribution in [0.2, 0.25) is 0 Å². The summed E-state index contributed by atoms with van der Waals surface area (Å²) in [7, 11) is 0. The minimum Gasteiger partial charge on any atom is -0.316 e. The molecule has 1 unspecified atom stereocenters. The molecule has 1 nitrogen and oxygen atoms in total. The van der Waals surface area contributed by atoms with E-state index in [9.17, 15) is 0 Å². The molecular formula is C10H15NS2. The Bertz CT molecular complexity index is 236. The van der Waals surface area contributed by atoms with Gasteiger partial charge >= 0.3 is 0 Å². The Morgan fingerprint density at radius 2 is 2.00 bits per heavy atom. The van der Waals surface area contributed by atoms with Crippen LogP contribution in [-0.4, -0.2) is 11.1 Å². The van der Waals surface area contributed by atoms with Gasteiger partial charge in [0.1, 0.15) is 0 Å². The molecule has 1 aromatic carbocycles. The number of rotatable bonds is 4. The molecule has 0 fully saturated rings. The van der Waals surface area contributed by atoms with Crippen LogP contribution in [0.15, 0.2) is 30.3 Å². The predicted molar refractivity (Wildman–Crippen MR) is 65.5 cm³/mol. The molecule has 1 aromatic rings. The van der Waals surface area contributed by atoms with E-state index in [2.05, 4.69) is 55.0 Å². The van der Waals surface area contributed by atoms with Gasteiger partial charge in [0.2, 0.25) is 0 Å². The molecule has 0 bridgehead atoms. The predicted octanol–water partition coefficient (Wildman–Crippen LogP) is 3.44. The lowest BCUT2D eigenvalue weighted by Gasteiger charge is -2.22. The van der Waals surface area contributed by atoms with E-state index in [0.29, 0.717) is 4.58 Å². The molecule has 1 rings (SSSR count). The van der Waals surface area contributed by atoms with E-state index in [-0.39, 0.29) is 0 Å². The Labute approximate surface area is 90.1 Å². The van der Waals surface area contributed by atoms with Crippen LogP contribution in [0.1, 0.15) is 13.8 Å². The van der Waals surface area contributed by atoms with Gasteiger partial charge in [-0.25, -0.2) is 0 Å². The highest BCUT2D eigenvalue weighted by molar-refractivity contribution is 8.11. The Hall–Kier alpha value is -0.280. The van der Waals surface area contributed by atoms with E-state index in [1.54, 1.807) is 11.9 Å². The number of nitrogens with zero attached hydrogens (tertiary/aromatic N) is 1. The second kappa shape index (κ2) is 5.45. The Morgan fingerprint density at radius 3 is 2.46 bits per heavy atom. The average Bonchev–Trinajstić information content (AvgIpc) is 2.15. The van der Waals surface area contributed by atoms with Gasteiger partial charge in [0.15, 0.2) is 0 Å². The quantitative estimate of drug-likeness (QED) is 0.464. The van der Waals surface area contributed by atoms with E-state index in [4.69, 9.17) is 0 Å². The van der Waals surface area contributed by atoms with Crippen molar-refractivity contribution in [1.29, 1.82) is 0 Å². The van der Waals surface area contributed by atoms with Crippen molar-refractivity contribution >= 4 is 30.3 Å². The van der Waals surface area contributed by atoms with Crippen molar-refractivity contribution in [1.82, 2.24) is 0 Å². The van der Waals surface area contributed by atoms with Crippen LogP contribution in [0.25, 0.3) is 0 Å². The fourth-order valence-electron chi connectivity index (χ4n) is 1.10. The first kappa shape index (κ1) is 10.8. The molecule has 0 N–H and O–H groups in total. The van der Waals surface area contributed by atoms with Gasteiger partial charge in [0.05, 0.1) is 4.58 Å². The first-order chi connectivity index (χ1) is 6.24. The number of hydrogen-bond acceptors (Lipinski definition) is 3. The average molecular weight is 213 g/mol. The highest BCUT2D eigenvalue weighted by Crippen LogP contribution is 2.26. The SMILES string of the molecule is CCN(SC(C)S)c1ccccc1. The normalized spacial score (nSPS) is 12.5. The number of anilines is 1. The molecule has 0 saturated heterocycles. The first-order valence-electron chi connectivity index (χ1n) is 4.41. The molecule has 0 aromatic heterocycles. The minimum atomic E-state index is 0.333. The summed E-state index contributed by atoms with van der Waals surface area (Å²) >= 11 is 6.11. The third-order valence-electron chi connectivity index (χ3n) is 1.61. The number of hydrogen-bond donors (Lipinski definition) is 1. The molecule has 3 heteroatoms. The van der Waals surface area contributed by atoms with Crippen molar-refractivity contribution in [3.05, 3.63) is 30.3 Å². The zero-order chi connectivity index (χ0) is 9.68. The molecule has 0 amide bonds. The molecule has 0 heterocycles. The van der Waals surface area contributed by atoms with Gasteiger partial charge < -0.3 is 4.31 Å². The van der Waals surface area contributed by atoms with Gasteiger partial charge in [-0.3, -0.25) is 0 Å². The Balaban J connectivity index is 2.67. The molecule has 0 aliphatic heterocycles. The van der Waals surface area contributed by atoms with Gasteiger partial charge in [-0.05, 0) is 37.9 Å². The lowest BCUT2D eigenvalue weighted by Crippen LogP contribution is -2.15. The van der Waals surface area contributed by atoms with Gasteiger partial charge in [-0.2, -0.15) is 12.6 Å². The van der Waals surface area contributed by atoms with Crippen LogP contribution < -0.4 is 4.31 Å². The second-order valence-corrected chi connectivity index (χ2v) is 5.22. The van der Waals surface area contributed by atoms with Crippen LogP contribution in [0, 0.1) is 0 Å². The van der Waals surface area contributed by atoms with Gasteiger partial charge in [0, 0.05) is 12.2 Å². The molecule has 0 spiro atoms. The standard InChI is InChI=1S/C10H15NS2/c1-3-11(13-9(2)12)10-7-5-4-6-8-10/h4-9,12H,3H2,1-2H3. The van der Waals surface area contributed by atoms with Crippen molar-refractivity contribution in [2.45, 2.75) is 18.4 Å². The minimum absolute atomic E-state index is 0.333. The van der Waals surface area contributed by atoms with Crippen molar-refractivity contribution in [2.24, 2.45) is 0 Å². The van der Waals surface area contributed by atoms with Gasteiger partial charge in [0.25, 0.3) is 0 Å². The molecule has 0 radical (unpaired) electrons. The van der Waals surface area contributed by atoms with Crippen LogP contribution in [0.5, 0.6) is 0 Å². The Morgan fingerprint density at radius 1 is 1.38 bits per heavy atom. The molecule has 0 saturated carbocycles. The maximum atomic E-state index is 4.36. The molecule has 72 valence electrons. The largest absolute Gasteiger partial charge is 0.316 e. The third-order valence-corrected chi connectivity index (χ3v) is 2.92. The summed E-state index contributed by atoms with van der Waals surface area (Å²) in [5.74, 6) is 0. The summed E-state index contributed by atoms with van der Waals surface area (Å²) in [5, 5.41) is 0. The maximum Gasteiger partial charge on any atom is 0.0644 e. The van der Waals surface area contributed by atoms with Crippen LogP contribution >= 0.6 is 24.6 Å². The van der Waals surface area contributed by atoms with E-state index < -0.39 is 0 Å². The van der Waals surface area contributed by atoms with Gasteiger partial charge in [-0.1, -0.05) is 18.2 Å². The number of benzene rings is 1. The number of para-hydroxylation sites is 1. The van der Waals surface area contributed by atoms with E-state index in [1.807, 2.05) is 6.07 Å². The van der Waals surface area contributed by atoms with Crippen molar-refractivity contribution in [3.63, 3.8) is 0 Å². The smallest absolute Gasteiger partial charge is 0.0644 e. The van der Waals surface area contributed by atoms with Crippen LogP contribution in [0.3, 0.4) is 0 Å².